The van der Waals surface area contributed by atoms with Crippen LogP contribution in [0.5, 0.6) is 0 Å². The molecule has 2 aromatic rings. The first-order valence-corrected chi connectivity index (χ1v) is 8.06. The largest absolute Gasteiger partial charge is 0.459 e. The second kappa shape index (κ2) is 8.20. The molecule has 116 valence electrons. The van der Waals surface area contributed by atoms with Crippen LogP contribution in [0.15, 0.2) is 34.7 Å². The molecule has 0 fully saturated rings. The van der Waals surface area contributed by atoms with Crippen LogP contribution >= 0.6 is 0 Å². The van der Waals surface area contributed by atoms with Gasteiger partial charge >= 0.3 is 0 Å². The van der Waals surface area contributed by atoms with Gasteiger partial charge in [-0.05, 0) is 24.5 Å². The van der Waals surface area contributed by atoms with Gasteiger partial charge in [0, 0.05) is 12.0 Å². The number of benzene rings is 1. The van der Waals surface area contributed by atoms with Crippen LogP contribution in [0, 0.1) is 5.92 Å². The average molecular weight is 289 g/mol. The van der Waals surface area contributed by atoms with E-state index >= 15 is 0 Å². The molecule has 0 aliphatic heterocycles. The highest BCUT2D eigenvalue weighted by molar-refractivity contribution is 5.77. The van der Waals surface area contributed by atoms with Crippen LogP contribution in [-0.4, -0.2) is 13.2 Å². The van der Waals surface area contributed by atoms with Crippen molar-refractivity contribution in [3.63, 3.8) is 0 Å². The molecule has 0 saturated heterocycles. The van der Waals surface area contributed by atoms with Gasteiger partial charge in [0.15, 0.2) is 0 Å². The van der Waals surface area contributed by atoms with Gasteiger partial charge in [-0.15, -0.1) is 0 Å². The van der Waals surface area contributed by atoms with Gasteiger partial charge in [-0.3, -0.25) is 0 Å². The summed E-state index contributed by atoms with van der Waals surface area (Å²) in [4.78, 5) is 0. The Bertz CT molecular complexity index is 502. The number of ether oxygens (including phenoxy) is 1. The van der Waals surface area contributed by atoms with Crippen LogP contribution in [0.1, 0.15) is 51.3 Å². The number of fused-ring (bicyclic) bond motifs is 1. The zero-order valence-electron chi connectivity index (χ0n) is 13.2. The molecule has 2 atom stereocenters. The van der Waals surface area contributed by atoms with Crippen molar-refractivity contribution < 1.29 is 9.15 Å². The van der Waals surface area contributed by atoms with Crippen LogP contribution in [0.25, 0.3) is 11.0 Å². The Morgan fingerprint density at radius 2 is 2.00 bits per heavy atom. The number of rotatable bonds is 9. The summed E-state index contributed by atoms with van der Waals surface area (Å²) in [6, 6.07) is 9.79. The molecule has 21 heavy (non-hydrogen) atoms. The molecular formula is C18H27NO2. The Balaban J connectivity index is 1.82. The Morgan fingerprint density at radius 3 is 2.71 bits per heavy atom. The highest BCUT2D eigenvalue weighted by Gasteiger charge is 2.13. The summed E-state index contributed by atoms with van der Waals surface area (Å²) in [7, 11) is 0. The molecule has 1 heterocycles. The first-order chi connectivity index (χ1) is 10.2. The van der Waals surface area contributed by atoms with Gasteiger partial charge in [-0.2, -0.15) is 0 Å². The zero-order valence-corrected chi connectivity index (χ0v) is 13.2. The maximum Gasteiger partial charge on any atom is 0.134 e. The van der Waals surface area contributed by atoms with E-state index in [-0.39, 0.29) is 6.04 Å². The van der Waals surface area contributed by atoms with E-state index in [1.54, 1.807) is 0 Å². The molecule has 0 spiro atoms. The van der Waals surface area contributed by atoms with Crippen molar-refractivity contribution in [2.24, 2.45) is 11.7 Å². The lowest BCUT2D eigenvalue weighted by Gasteiger charge is -2.16. The first kappa shape index (κ1) is 16.1. The van der Waals surface area contributed by atoms with E-state index in [0.717, 1.165) is 23.3 Å². The molecule has 3 heteroatoms. The van der Waals surface area contributed by atoms with Crippen molar-refractivity contribution in [3.05, 3.63) is 36.1 Å². The number of nitrogens with two attached hydrogens (primary N) is 1. The molecule has 0 amide bonds. The van der Waals surface area contributed by atoms with E-state index in [1.807, 2.05) is 30.3 Å². The van der Waals surface area contributed by atoms with Crippen LogP contribution in [0.3, 0.4) is 0 Å². The van der Waals surface area contributed by atoms with Crippen LogP contribution in [0.4, 0.5) is 0 Å². The Labute approximate surface area is 127 Å². The zero-order chi connectivity index (χ0) is 15.1. The fourth-order valence-electron chi connectivity index (χ4n) is 2.53. The second-order valence-corrected chi connectivity index (χ2v) is 5.75. The topological polar surface area (TPSA) is 48.4 Å². The lowest BCUT2D eigenvalue weighted by molar-refractivity contribution is 0.0803. The third kappa shape index (κ3) is 4.58. The van der Waals surface area contributed by atoms with E-state index < -0.39 is 0 Å². The number of furan rings is 1. The summed E-state index contributed by atoms with van der Waals surface area (Å²) in [6.07, 6.45) is 4.93. The van der Waals surface area contributed by atoms with Crippen molar-refractivity contribution in [2.75, 3.05) is 13.2 Å². The van der Waals surface area contributed by atoms with E-state index in [0.29, 0.717) is 12.5 Å². The van der Waals surface area contributed by atoms with Gasteiger partial charge in [0.1, 0.15) is 11.3 Å². The van der Waals surface area contributed by atoms with E-state index in [4.69, 9.17) is 14.9 Å². The number of para-hydroxylation sites is 1. The fraction of sp³-hybridized carbons (Fsp3) is 0.556. The SMILES string of the molecule is CCCCC(CC)COCC(N)c1cc2ccccc2o1. The monoisotopic (exact) mass is 289 g/mol. The van der Waals surface area contributed by atoms with Crippen molar-refractivity contribution in [1.82, 2.24) is 0 Å². The van der Waals surface area contributed by atoms with Crippen molar-refractivity contribution in [2.45, 2.75) is 45.6 Å². The molecule has 0 aliphatic rings. The minimum Gasteiger partial charge on any atom is -0.459 e. The predicted octanol–water partition coefficient (Wildman–Crippen LogP) is 4.67. The number of hydrogen-bond donors (Lipinski definition) is 1. The minimum absolute atomic E-state index is 0.193. The maximum absolute atomic E-state index is 6.17. The van der Waals surface area contributed by atoms with Crippen molar-refractivity contribution in [3.8, 4) is 0 Å². The second-order valence-electron chi connectivity index (χ2n) is 5.75. The van der Waals surface area contributed by atoms with Gasteiger partial charge in [-0.1, -0.05) is 51.3 Å². The molecule has 0 saturated carbocycles. The van der Waals surface area contributed by atoms with E-state index in [2.05, 4.69) is 13.8 Å². The van der Waals surface area contributed by atoms with Gasteiger partial charge in [-0.25, -0.2) is 0 Å². The van der Waals surface area contributed by atoms with Crippen LogP contribution < -0.4 is 5.73 Å². The van der Waals surface area contributed by atoms with Gasteiger partial charge in [0.2, 0.25) is 0 Å². The fourth-order valence-corrected chi connectivity index (χ4v) is 2.53. The molecular weight excluding hydrogens is 262 g/mol. The molecule has 1 aromatic heterocycles. The lowest BCUT2D eigenvalue weighted by Crippen LogP contribution is -2.19. The standard InChI is InChI=1S/C18H27NO2/c1-3-5-8-14(4-2)12-20-13-16(19)18-11-15-9-6-7-10-17(15)21-18/h6-7,9-11,14,16H,3-5,8,12-13,19H2,1-2H3. The number of hydrogen-bond acceptors (Lipinski definition) is 3. The summed E-state index contributed by atoms with van der Waals surface area (Å²) >= 11 is 0. The summed E-state index contributed by atoms with van der Waals surface area (Å²) in [5.74, 6) is 1.45. The van der Waals surface area contributed by atoms with Gasteiger partial charge in [0.25, 0.3) is 0 Å². The summed E-state index contributed by atoms with van der Waals surface area (Å²) in [5.41, 5.74) is 7.05. The summed E-state index contributed by atoms with van der Waals surface area (Å²) in [5, 5.41) is 1.09. The lowest BCUT2D eigenvalue weighted by atomic mass is 10.0. The van der Waals surface area contributed by atoms with Gasteiger partial charge in [0.05, 0.1) is 12.6 Å². The van der Waals surface area contributed by atoms with Gasteiger partial charge < -0.3 is 14.9 Å². The molecule has 0 bridgehead atoms. The van der Waals surface area contributed by atoms with Crippen LogP contribution in [-0.2, 0) is 4.74 Å². The van der Waals surface area contributed by atoms with Crippen LogP contribution in [0.2, 0.25) is 0 Å². The normalized spacial score (nSPS) is 14.4. The molecule has 0 aliphatic carbocycles. The summed E-state index contributed by atoms with van der Waals surface area (Å²) < 4.78 is 11.6. The summed E-state index contributed by atoms with van der Waals surface area (Å²) in [6.45, 7) is 5.76. The van der Waals surface area contributed by atoms with E-state index in [1.165, 1.54) is 25.7 Å². The predicted molar refractivity (Wildman–Crippen MR) is 87.3 cm³/mol. The van der Waals surface area contributed by atoms with Crippen molar-refractivity contribution >= 4 is 11.0 Å². The van der Waals surface area contributed by atoms with E-state index in [9.17, 15) is 0 Å². The molecule has 2 rings (SSSR count). The number of unbranched alkanes of at least 4 members (excludes halogenated alkanes) is 1. The average Bonchev–Trinajstić information content (AvgIpc) is 2.94. The quantitative estimate of drug-likeness (QED) is 0.730. The minimum atomic E-state index is -0.193. The molecule has 2 N–H and O–H groups in total. The smallest absolute Gasteiger partial charge is 0.134 e. The molecule has 1 aromatic carbocycles. The maximum atomic E-state index is 6.17. The first-order valence-electron chi connectivity index (χ1n) is 8.06. The molecule has 0 radical (unpaired) electrons. The third-order valence-corrected chi connectivity index (χ3v) is 4.00. The Hall–Kier alpha value is -1.32. The highest BCUT2D eigenvalue weighted by atomic mass is 16.5. The third-order valence-electron chi connectivity index (χ3n) is 4.00. The molecule has 3 nitrogen and oxygen atoms in total. The van der Waals surface area contributed by atoms with Crippen molar-refractivity contribution in [1.29, 1.82) is 0 Å². The Kier molecular flexibility index (Phi) is 6.27. The Morgan fingerprint density at radius 1 is 1.19 bits per heavy atom. The highest BCUT2D eigenvalue weighted by Crippen LogP contribution is 2.23. The molecule has 2 unspecified atom stereocenters.